The Morgan fingerprint density at radius 1 is 1.25 bits per heavy atom. The predicted molar refractivity (Wildman–Crippen MR) is 70.3 cm³/mol. The van der Waals surface area contributed by atoms with Crippen LogP contribution < -0.4 is 0 Å². The topological polar surface area (TPSA) is 25.8 Å². The van der Waals surface area contributed by atoms with Gasteiger partial charge in [0.25, 0.3) is 0 Å². The Labute approximate surface area is 104 Å². The number of thioether (sulfide) groups is 1. The van der Waals surface area contributed by atoms with Crippen LogP contribution in [-0.2, 0) is 0 Å². The normalized spacial score (nSPS) is 12.9. The quantitative estimate of drug-likeness (QED) is 0.616. The minimum Gasteiger partial charge on any atom is -0.154 e. The van der Waals surface area contributed by atoms with E-state index >= 15 is 0 Å². The lowest BCUT2D eigenvalue weighted by molar-refractivity contribution is 0.919. The summed E-state index contributed by atoms with van der Waals surface area (Å²) in [6, 6.07) is 8.21. The number of rotatable bonds is 3. The standard InChI is InChI=1S/C12H13ClN2S/c1-8(7-13)16-12-11-6-4-3-5-10(11)9(2)14-15-12/h3-6,8H,7H2,1-2H3. The summed E-state index contributed by atoms with van der Waals surface area (Å²) in [5.74, 6) is 0.620. The molecule has 0 radical (unpaired) electrons. The zero-order valence-corrected chi connectivity index (χ0v) is 10.8. The van der Waals surface area contributed by atoms with Crippen LogP contribution in [0.2, 0.25) is 0 Å². The predicted octanol–water partition coefficient (Wildman–Crippen LogP) is 3.66. The van der Waals surface area contributed by atoms with Gasteiger partial charge in [-0.05, 0) is 6.92 Å². The molecule has 16 heavy (non-hydrogen) atoms. The van der Waals surface area contributed by atoms with Crippen molar-refractivity contribution in [3.8, 4) is 0 Å². The molecule has 2 nitrogen and oxygen atoms in total. The van der Waals surface area contributed by atoms with E-state index in [1.165, 1.54) is 5.39 Å². The smallest absolute Gasteiger partial charge is 0.127 e. The Morgan fingerprint density at radius 2 is 1.94 bits per heavy atom. The molecule has 0 saturated carbocycles. The molecule has 0 aliphatic heterocycles. The van der Waals surface area contributed by atoms with E-state index in [2.05, 4.69) is 29.3 Å². The molecule has 0 saturated heterocycles. The van der Waals surface area contributed by atoms with Crippen molar-refractivity contribution in [1.29, 1.82) is 0 Å². The largest absolute Gasteiger partial charge is 0.154 e. The van der Waals surface area contributed by atoms with E-state index in [1.54, 1.807) is 11.8 Å². The molecule has 1 unspecified atom stereocenters. The molecule has 0 aliphatic carbocycles. The van der Waals surface area contributed by atoms with Crippen LogP contribution in [0.4, 0.5) is 0 Å². The minimum absolute atomic E-state index is 0.349. The number of aryl methyl sites for hydroxylation is 1. The lowest BCUT2D eigenvalue weighted by Gasteiger charge is -2.09. The number of fused-ring (bicyclic) bond motifs is 1. The van der Waals surface area contributed by atoms with Gasteiger partial charge in [-0.25, -0.2) is 0 Å². The third-order valence-corrected chi connectivity index (χ3v) is 4.11. The summed E-state index contributed by atoms with van der Waals surface area (Å²) in [5.41, 5.74) is 0.971. The second kappa shape index (κ2) is 5.02. The summed E-state index contributed by atoms with van der Waals surface area (Å²) in [6.45, 7) is 4.07. The Morgan fingerprint density at radius 3 is 2.62 bits per heavy atom. The molecule has 1 atom stereocenters. The monoisotopic (exact) mass is 252 g/mol. The SMILES string of the molecule is Cc1nnc(SC(C)CCl)c2ccccc12. The molecule has 4 heteroatoms. The fourth-order valence-corrected chi connectivity index (χ4v) is 2.55. The average Bonchev–Trinajstić information content (AvgIpc) is 2.33. The van der Waals surface area contributed by atoms with Gasteiger partial charge in [0.15, 0.2) is 0 Å². The Bertz CT molecular complexity index is 501. The molecule has 2 rings (SSSR count). The number of aromatic nitrogens is 2. The summed E-state index contributed by atoms with van der Waals surface area (Å²) in [6.07, 6.45) is 0. The highest BCUT2D eigenvalue weighted by molar-refractivity contribution is 8.00. The van der Waals surface area contributed by atoms with Crippen molar-refractivity contribution in [2.24, 2.45) is 0 Å². The van der Waals surface area contributed by atoms with Gasteiger partial charge in [-0.2, -0.15) is 5.10 Å². The number of hydrogen-bond acceptors (Lipinski definition) is 3. The first-order chi connectivity index (χ1) is 7.72. The van der Waals surface area contributed by atoms with Crippen LogP contribution in [0.5, 0.6) is 0 Å². The molecule has 1 aromatic carbocycles. The third-order valence-electron chi connectivity index (χ3n) is 2.37. The second-order valence-corrected chi connectivity index (χ2v) is 5.45. The summed E-state index contributed by atoms with van der Waals surface area (Å²) >= 11 is 7.49. The van der Waals surface area contributed by atoms with E-state index in [-0.39, 0.29) is 0 Å². The zero-order valence-electron chi connectivity index (χ0n) is 9.27. The fourth-order valence-electron chi connectivity index (χ4n) is 1.52. The van der Waals surface area contributed by atoms with Crippen molar-refractivity contribution in [2.45, 2.75) is 24.1 Å². The lowest BCUT2D eigenvalue weighted by atomic mass is 10.1. The Hall–Kier alpha value is -0.800. The van der Waals surface area contributed by atoms with E-state index in [0.717, 1.165) is 16.1 Å². The van der Waals surface area contributed by atoms with Crippen molar-refractivity contribution >= 4 is 34.1 Å². The van der Waals surface area contributed by atoms with Crippen molar-refractivity contribution < 1.29 is 0 Å². The summed E-state index contributed by atoms with van der Waals surface area (Å²) < 4.78 is 0. The molecule has 1 aromatic heterocycles. The van der Waals surface area contributed by atoms with Gasteiger partial charge < -0.3 is 0 Å². The Kier molecular flexibility index (Phi) is 3.66. The lowest BCUT2D eigenvalue weighted by Crippen LogP contribution is -2.00. The first kappa shape index (κ1) is 11.7. The van der Waals surface area contributed by atoms with E-state index in [9.17, 15) is 0 Å². The zero-order chi connectivity index (χ0) is 11.5. The molecule has 0 fully saturated rings. The molecule has 0 N–H and O–H groups in total. The van der Waals surface area contributed by atoms with Gasteiger partial charge in [0.2, 0.25) is 0 Å². The molecular formula is C12H13ClN2S. The minimum atomic E-state index is 0.349. The highest BCUT2D eigenvalue weighted by atomic mass is 35.5. The third kappa shape index (κ3) is 2.30. The van der Waals surface area contributed by atoms with Crippen LogP contribution in [0, 0.1) is 6.92 Å². The summed E-state index contributed by atoms with van der Waals surface area (Å²) in [4.78, 5) is 0. The van der Waals surface area contributed by atoms with Gasteiger partial charge in [-0.15, -0.1) is 16.7 Å². The molecule has 2 aromatic rings. The van der Waals surface area contributed by atoms with E-state index in [1.807, 2.05) is 19.1 Å². The van der Waals surface area contributed by atoms with Crippen LogP contribution in [-0.4, -0.2) is 21.3 Å². The summed E-state index contributed by atoms with van der Waals surface area (Å²) in [5, 5.41) is 12.1. The van der Waals surface area contributed by atoms with E-state index in [4.69, 9.17) is 11.6 Å². The molecule has 0 amide bonds. The van der Waals surface area contributed by atoms with Crippen LogP contribution in [0.1, 0.15) is 12.6 Å². The second-order valence-electron chi connectivity index (χ2n) is 3.72. The van der Waals surface area contributed by atoms with Gasteiger partial charge >= 0.3 is 0 Å². The van der Waals surface area contributed by atoms with Crippen molar-refractivity contribution in [3.05, 3.63) is 30.0 Å². The maximum atomic E-state index is 5.82. The van der Waals surface area contributed by atoms with Crippen LogP contribution in [0.15, 0.2) is 29.3 Å². The fraction of sp³-hybridized carbons (Fsp3) is 0.333. The average molecular weight is 253 g/mol. The van der Waals surface area contributed by atoms with Crippen molar-refractivity contribution in [3.63, 3.8) is 0 Å². The highest BCUT2D eigenvalue weighted by Gasteiger charge is 2.10. The van der Waals surface area contributed by atoms with Crippen LogP contribution in [0.25, 0.3) is 10.8 Å². The molecule has 0 bridgehead atoms. The van der Waals surface area contributed by atoms with E-state index < -0.39 is 0 Å². The van der Waals surface area contributed by atoms with Crippen molar-refractivity contribution in [2.75, 3.05) is 5.88 Å². The molecular weight excluding hydrogens is 240 g/mol. The van der Waals surface area contributed by atoms with Gasteiger partial charge in [0.1, 0.15) is 5.03 Å². The van der Waals surface area contributed by atoms with Crippen LogP contribution >= 0.6 is 23.4 Å². The number of alkyl halides is 1. The summed E-state index contributed by atoms with van der Waals surface area (Å²) in [7, 11) is 0. The number of nitrogens with zero attached hydrogens (tertiary/aromatic N) is 2. The number of halogens is 1. The van der Waals surface area contributed by atoms with Crippen molar-refractivity contribution in [1.82, 2.24) is 10.2 Å². The highest BCUT2D eigenvalue weighted by Crippen LogP contribution is 2.29. The molecule has 0 spiro atoms. The number of hydrogen-bond donors (Lipinski definition) is 0. The van der Waals surface area contributed by atoms with Gasteiger partial charge in [-0.3, -0.25) is 0 Å². The molecule has 84 valence electrons. The Balaban J connectivity index is 2.50. The first-order valence-electron chi connectivity index (χ1n) is 5.17. The van der Waals surface area contributed by atoms with Gasteiger partial charge in [-0.1, -0.05) is 43.0 Å². The molecule has 1 heterocycles. The van der Waals surface area contributed by atoms with Gasteiger partial charge in [0.05, 0.1) is 5.69 Å². The molecule has 0 aliphatic rings. The number of benzene rings is 1. The first-order valence-corrected chi connectivity index (χ1v) is 6.58. The maximum absolute atomic E-state index is 5.82. The maximum Gasteiger partial charge on any atom is 0.127 e. The van der Waals surface area contributed by atoms with Crippen LogP contribution in [0.3, 0.4) is 0 Å². The van der Waals surface area contributed by atoms with E-state index in [0.29, 0.717) is 11.1 Å². The van der Waals surface area contributed by atoms with Gasteiger partial charge in [0, 0.05) is 21.9 Å².